The van der Waals surface area contributed by atoms with E-state index in [0.29, 0.717) is 36.9 Å². The molecule has 2 fully saturated rings. The Kier molecular flexibility index (Phi) is 6.55. The van der Waals surface area contributed by atoms with Crippen molar-refractivity contribution in [2.45, 2.75) is 18.6 Å². The largest absolute Gasteiger partial charge is 0.430 e. The maximum absolute atomic E-state index is 13.1. The number of aromatic nitrogens is 1. The number of β-amino-alcohol motifs (C(OH)–C–C–N with tert-alkyl or cyclic N) is 1. The highest BCUT2D eigenvalue weighted by molar-refractivity contribution is 6.30. The van der Waals surface area contributed by atoms with Gasteiger partial charge in [-0.1, -0.05) is 11.6 Å². The molecule has 0 unspecified atom stereocenters. The van der Waals surface area contributed by atoms with E-state index in [0.717, 1.165) is 5.69 Å². The number of carbonyl (C=O) groups is 2. The van der Waals surface area contributed by atoms with Crippen LogP contribution in [0.1, 0.15) is 6.42 Å². The van der Waals surface area contributed by atoms with Crippen LogP contribution in [0.3, 0.4) is 0 Å². The standard InChI is InChI=1S/C21H24ClN5O4/c22-15-1-3-16(4-2-15)24-21(30)31-27-14-18(28)13-19(27)20(29)26-11-9-25(10-12-26)17-5-7-23-8-6-17/h1-8,18-19,28H,9-14H2,(H,24,30)/t18-,19-/m1/s1. The molecule has 2 atom stereocenters. The number of benzene rings is 1. The van der Waals surface area contributed by atoms with Crippen LogP contribution in [0.15, 0.2) is 48.8 Å². The van der Waals surface area contributed by atoms with Gasteiger partial charge in [-0.25, -0.2) is 4.79 Å². The van der Waals surface area contributed by atoms with E-state index in [4.69, 9.17) is 16.4 Å². The smallest absolute Gasteiger partial charge is 0.392 e. The molecule has 0 spiro atoms. The molecule has 4 rings (SSSR count). The SMILES string of the molecule is O=C(Nc1ccc(Cl)cc1)ON1C[C@H](O)C[C@@H]1C(=O)N1CCN(c2ccncc2)CC1. The number of rotatable bonds is 4. The fourth-order valence-corrected chi connectivity index (χ4v) is 3.97. The van der Waals surface area contributed by atoms with Crippen molar-refractivity contribution >= 4 is 35.0 Å². The van der Waals surface area contributed by atoms with E-state index in [2.05, 4.69) is 15.2 Å². The monoisotopic (exact) mass is 445 g/mol. The third kappa shape index (κ3) is 5.25. The van der Waals surface area contributed by atoms with E-state index in [1.165, 1.54) is 5.06 Å². The first kappa shape index (κ1) is 21.4. The zero-order valence-corrected chi connectivity index (χ0v) is 17.6. The normalized spacial score (nSPS) is 21.7. The highest BCUT2D eigenvalue weighted by atomic mass is 35.5. The zero-order chi connectivity index (χ0) is 21.8. The van der Waals surface area contributed by atoms with Crippen LogP contribution in [-0.4, -0.2) is 76.9 Å². The van der Waals surface area contributed by atoms with Crippen LogP contribution in [0.25, 0.3) is 0 Å². The average Bonchev–Trinajstić information content (AvgIpc) is 3.15. The van der Waals surface area contributed by atoms with Crippen molar-refractivity contribution in [3.05, 3.63) is 53.8 Å². The van der Waals surface area contributed by atoms with E-state index < -0.39 is 18.2 Å². The van der Waals surface area contributed by atoms with E-state index in [1.54, 1.807) is 41.6 Å². The number of hydrogen-bond acceptors (Lipinski definition) is 7. The van der Waals surface area contributed by atoms with E-state index in [-0.39, 0.29) is 18.9 Å². The third-order valence-electron chi connectivity index (χ3n) is 5.43. The lowest BCUT2D eigenvalue weighted by atomic mass is 10.1. The van der Waals surface area contributed by atoms with Crippen molar-refractivity contribution in [2.24, 2.45) is 0 Å². The summed E-state index contributed by atoms with van der Waals surface area (Å²) in [4.78, 5) is 38.7. The molecule has 0 radical (unpaired) electrons. The van der Waals surface area contributed by atoms with E-state index in [9.17, 15) is 14.7 Å². The van der Waals surface area contributed by atoms with Gasteiger partial charge < -0.3 is 19.7 Å². The van der Waals surface area contributed by atoms with Crippen LogP contribution in [0.5, 0.6) is 0 Å². The molecular weight excluding hydrogens is 422 g/mol. The summed E-state index contributed by atoms with van der Waals surface area (Å²) >= 11 is 5.85. The first-order chi connectivity index (χ1) is 15.0. The summed E-state index contributed by atoms with van der Waals surface area (Å²) < 4.78 is 0. The maximum Gasteiger partial charge on any atom is 0.430 e. The molecule has 10 heteroatoms. The number of hydrogen-bond donors (Lipinski definition) is 2. The molecule has 1 aromatic heterocycles. The molecule has 1 aromatic carbocycles. The lowest BCUT2D eigenvalue weighted by Crippen LogP contribution is -2.54. The minimum Gasteiger partial charge on any atom is -0.392 e. The van der Waals surface area contributed by atoms with Gasteiger partial charge in [-0.15, -0.1) is 5.06 Å². The van der Waals surface area contributed by atoms with Crippen LogP contribution in [0.4, 0.5) is 16.2 Å². The molecule has 3 heterocycles. The number of aliphatic hydroxyl groups is 1. The van der Waals surface area contributed by atoms with Gasteiger partial charge in [0.25, 0.3) is 0 Å². The average molecular weight is 446 g/mol. The van der Waals surface area contributed by atoms with E-state index in [1.807, 2.05) is 12.1 Å². The van der Waals surface area contributed by atoms with Gasteiger partial charge in [0.1, 0.15) is 6.04 Å². The van der Waals surface area contributed by atoms with Gasteiger partial charge in [0.2, 0.25) is 5.91 Å². The molecule has 2 N–H and O–H groups in total. The molecule has 2 amide bonds. The van der Waals surface area contributed by atoms with Crippen LogP contribution in [0, 0.1) is 0 Å². The molecular formula is C21H24ClN5O4. The van der Waals surface area contributed by atoms with Crippen molar-refractivity contribution in [1.82, 2.24) is 14.9 Å². The number of nitrogens with one attached hydrogen (secondary N) is 1. The second-order valence-electron chi connectivity index (χ2n) is 7.53. The molecule has 9 nitrogen and oxygen atoms in total. The van der Waals surface area contributed by atoms with Crippen LogP contribution < -0.4 is 10.2 Å². The second-order valence-corrected chi connectivity index (χ2v) is 7.97. The second kappa shape index (κ2) is 9.51. The Bertz CT molecular complexity index is 906. The summed E-state index contributed by atoms with van der Waals surface area (Å²) in [5, 5.41) is 14.5. The Balaban J connectivity index is 1.33. The fourth-order valence-electron chi connectivity index (χ4n) is 3.84. The molecule has 2 saturated heterocycles. The lowest BCUT2D eigenvalue weighted by molar-refractivity contribution is -0.155. The summed E-state index contributed by atoms with van der Waals surface area (Å²) in [5.74, 6) is -0.148. The topological polar surface area (TPSA) is 98.2 Å². The maximum atomic E-state index is 13.1. The Morgan fingerprint density at radius 1 is 1.06 bits per heavy atom. The minimum absolute atomic E-state index is 0.0847. The molecule has 164 valence electrons. The molecule has 2 aliphatic heterocycles. The van der Waals surface area contributed by atoms with E-state index >= 15 is 0 Å². The van der Waals surface area contributed by atoms with Crippen molar-refractivity contribution < 1.29 is 19.5 Å². The molecule has 0 bridgehead atoms. The number of aliphatic hydroxyl groups excluding tert-OH is 1. The van der Waals surface area contributed by atoms with Crippen molar-refractivity contribution in [3.8, 4) is 0 Å². The highest BCUT2D eigenvalue weighted by Gasteiger charge is 2.41. The fraction of sp³-hybridized carbons (Fsp3) is 0.381. The number of halogens is 1. The molecule has 2 aliphatic rings. The van der Waals surface area contributed by atoms with Gasteiger partial charge in [-0.3, -0.25) is 15.1 Å². The molecule has 31 heavy (non-hydrogen) atoms. The Hall–Kier alpha value is -2.88. The van der Waals surface area contributed by atoms with Gasteiger partial charge in [-0.05, 0) is 36.4 Å². The van der Waals surface area contributed by atoms with Crippen molar-refractivity contribution in [2.75, 3.05) is 42.9 Å². The predicted octanol–water partition coefficient (Wildman–Crippen LogP) is 1.98. The zero-order valence-electron chi connectivity index (χ0n) is 16.9. The summed E-state index contributed by atoms with van der Waals surface area (Å²) in [6.45, 7) is 2.59. The number of nitrogens with zero attached hydrogens (tertiary/aromatic N) is 4. The van der Waals surface area contributed by atoms with Crippen LogP contribution in [0.2, 0.25) is 5.02 Å². The number of pyridine rings is 1. The Labute approximate surface area is 185 Å². The molecule has 0 saturated carbocycles. The number of piperazine rings is 1. The summed E-state index contributed by atoms with van der Waals surface area (Å²) in [6, 6.07) is 9.77. The van der Waals surface area contributed by atoms with Crippen LogP contribution >= 0.6 is 11.6 Å². The quantitative estimate of drug-likeness (QED) is 0.742. The summed E-state index contributed by atoms with van der Waals surface area (Å²) in [7, 11) is 0. The molecule has 0 aliphatic carbocycles. The van der Waals surface area contributed by atoms with Gasteiger partial charge in [0, 0.05) is 61.4 Å². The Morgan fingerprint density at radius 2 is 1.74 bits per heavy atom. The molecule has 2 aromatic rings. The predicted molar refractivity (Wildman–Crippen MR) is 116 cm³/mol. The first-order valence-electron chi connectivity index (χ1n) is 10.1. The van der Waals surface area contributed by atoms with Crippen molar-refractivity contribution in [1.29, 1.82) is 0 Å². The third-order valence-corrected chi connectivity index (χ3v) is 5.68. The van der Waals surface area contributed by atoms with Gasteiger partial charge >= 0.3 is 6.09 Å². The van der Waals surface area contributed by atoms with Gasteiger partial charge in [0.15, 0.2) is 0 Å². The Morgan fingerprint density at radius 3 is 2.42 bits per heavy atom. The number of anilines is 2. The highest BCUT2D eigenvalue weighted by Crippen LogP contribution is 2.23. The van der Waals surface area contributed by atoms with Crippen LogP contribution in [-0.2, 0) is 9.63 Å². The lowest BCUT2D eigenvalue weighted by Gasteiger charge is -2.37. The summed E-state index contributed by atoms with van der Waals surface area (Å²) in [5.41, 5.74) is 1.59. The first-order valence-corrected chi connectivity index (χ1v) is 10.5. The van der Waals surface area contributed by atoms with Gasteiger partial charge in [-0.2, -0.15) is 0 Å². The summed E-state index contributed by atoms with van der Waals surface area (Å²) in [6.07, 6.45) is 2.25. The number of hydroxylamine groups is 2. The van der Waals surface area contributed by atoms with Crippen molar-refractivity contribution in [3.63, 3.8) is 0 Å². The van der Waals surface area contributed by atoms with Gasteiger partial charge in [0.05, 0.1) is 12.6 Å². The number of amides is 2. The minimum atomic E-state index is -0.740. The number of carbonyl (C=O) groups excluding carboxylic acids is 2.